The van der Waals surface area contributed by atoms with Crippen LogP contribution in [0.1, 0.15) is 5.56 Å². The number of methoxy groups -OCH3 is 1. The van der Waals surface area contributed by atoms with Gasteiger partial charge in [0.05, 0.1) is 31.0 Å². The van der Waals surface area contributed by atoms with Crippen LogP contribution in [0.4, 0.5) is 10.1 Å². The number of ether oxygens (including phenoxy) is 2. The number of hydrogen-bond acceptors (Lipinski definition) is 4. The third kappa shape index (κ3) is 3.89. The topological polar surface area (TPSA) is 45.5 Å². The van der Waals surface area contributed by atoms with Crippen LogP contribution in [0.3, 0.4) is 0 Å². The van der Waals surface area contributed by atoms with E-state index < -0.39 is 5.82 Å². The van der Waals surface area contributed by atoms with Crippen LogP contribution in [0, 0.1) is 17.1 Å². The molecular weight excluding hydrogens is 283 g/mol. The van der Waals surface area contributed by atoms with E-state index in [4.69, 9.17) is 14.7 Å². The van der Waals surface area contributed by atoms with Gasteiger partial charge in [0.1, 0.15) is 23.9 Å². The molecule has 0 unspecified atom stereocenters. The van der Waals surface area contributed by atoms with Crippen LogP contribution in [0.5, 0.6) is 11.5 Å². The maximum atomic E-state index is 13.9. The Labute approximate surface area is 129 Å². The number of nitriles is 1. The molecule has 2 rings (SSSR count). The largest absolute Gasteiger partial charge is 0.497 e. The molecule has 0 heterocycles. The first kappa shape index (κ1) is 15.6. The summed E-state index contributed by atoms with van der Waals surface area (Å²) >= 11 is 0. The van der Waals surface area contributed by atoms with Crippen LogP contribution < -0.4 is 14.4 Å². The molecule has 0 aliphatic heterocycles. The van der Waals surface area contributed by atoms with Crippen LogP contribution in [-0.2, 0) is 0 Å². The van der Waals surface area contributed by atoms with Gasteiger partial charge in [-0.3, -0.25) is 0 Å². The van der Waals surface area contributed by atoms with Crippen molar-refractivity contribution in [3.05, 3.63) is 53.8 Å². The molecule has 114 valence electrons. The highest BCUT2D eigenvalue weighted by atomic mass is 19.1. The number of benzene rings is 2. The Kier molecular flexibility index (Phi) is 5.21. The van der Waals surface area contributed by atoms with Gasteiger partial charge in [-0.05, 0) is 42.5 Å². The van der Waals surface area contributed by atoms with Crippen LogP contribution in [-0.4, -0.2) is 27.3 Å². The van der Waals surface area contributed by atoms with Crippen LogP contribution in [0.2, 0.25) is 0 Å². The van der Waals surface area contributed by atoms with Crippen molar-refractivity contribution in [2.75, 3.05) is 32.2 Å². The quantitative estimate of drug-likeness (QED) is 0.821. The first-order valence-corrected chi connectivity index (χ1v) is 6.81. The summed E-state index contributed by atoms with van der Waals surface area (Å²) in [5.41, 5.74) is 0.751. The van der Waals surface area contributed by atoms with Crippen molar-refractivity contribution in [1.82, 2.24) is 0 Å². The van der Waals surface area contributed by atoms with Gasteiger partial charge in [0, 0.05) is 7.05 Å². The van der Waals surface area contributed by atoms with Gasteiger partial charge in [-0.1, -0.05) is 0 Å². The second kappa shape index (κ2) is 7.32. The fourth-order valence-corrected chi connectivity index (χ4v) is 1.98. The molecule has 0 saturated heterocycles. The molecule has 0 radical (unpaired) electrons. The summed E-state index contributed by atoms with van der Waals surface area (Å²) in [4.78, 5) is 1.75. The lowest BCUT2D eigenvalue weighted by atomic mass is 10.2. The van der Waals surface area contributed by atoms with Crippen molar-refractivity contribution in [3.63, 3.8) is 0 Å². The van der Waals surface area contributed by atoms with Crippen LogP contribution in [0.15, 0.2) is 42.5 Å². The van der Waals surface area contributed by atoms with E-state index in [2.05, 4.69) is 0 Å². The Morgan fingerprint density at radius 2 is 1.82 bits per heavy atom. The van der Waals surface area contributed by atoms with Gasteiger partial charge < -0.3 is 14.4 Å². The van der Waals surface area contributed by atoms with Crippen molar-refractivity contribution < 1.29 is 13.9 Å². The third-order valence-electron chi connectivity index (χ3n) is 3.24. The predicted molar refractivity (Wildman–Crippen MR) is 82.9 cm³/mol. The fraction of sp³-hybridized carbons (Fsp3) is 0.235. The summed E-state index contributed by atoms with van der Waals surface area (Å²) in [6.45, 7) is 0.942. The molecule has 2 aromatic rings. The molecule has 0 aromatic heterocycles. The number of halogens is 1. The first-order valence-electron chi connectivity index (χ1n) is 6.81. The van der Waals surface area contributed by atoms with E-state index in [1.807, 2.05) is 30.3 Å². The van der Waals surface area contributed by atoms with Crippen LogP contribution >= 0.6 is 0 Å². The molecule has 0 aliphatic carbocycles. The van der Waals surface area contributed by atoms with E-state index in [0.717, 1.165) is 11.5 Å². The Hall–Kier alpha value is -2.74. The molecule has 0 amide bonds. The zero-order chi connectivity index (χ0) is 15.9. The Morgan fingerprint density at radius 1 is 1.14 bits per heavy atom. The molecule has 4 nitrogen and oxygen atoms in total. The summed E-state index contributed by atoms with van der Waals surface area (Å²) in [6.07, 6.45) is 0. The van der Waals surface area contributed by atoms with Gasteiger partial charge in [0.25, 0.3) is 0 Å². The molecule has 0 N–H and O–H groups in total. The summed E-state index contributed by atoms with van der Waals surface area (Å²) in [5.74, 6) is 1.09. The fourth-order valence-electron chi connectivity index (χ4n) is 1.98. The SMILES string of the molecule is COc1ccc(OCCN(C)c2ccc(C#N)cc2F)cc1. The Balaban J connectivity index is 1.89. The molecule has 0 bridgehead atoms. The molecule has 0 saturated carbocycles. The molecule has 0 atom stereocenters. The average Bonchev–Trinajstić information content (AvgIpc) is 2.55. The molecule has 0 fully saturated rings. The number of nitrogens with zero attached hydrogens (tertiary/aromatic N) is 2. The lowest BCUT2D eigenvalue weighted by Gasteiger charge is -2.20. The van der Waals surface area contributed by atoms with E-state index in [9.17, 15) is 4.39 Å². The molecule has 5 heteroatoms. The third-order valence-corrected chi connectivity index (χ3v) is 3.24. The second-order valence-electron chi connectivity index (χ2n) is 4.72. The van der Waals surface area contributed by atoms with Gasteiger partial charge in [0.15, 0.2) is 0 Å². The Morgan fingerprint density at radius 3 is 2.41 bits per heavy atom. The minimum atomic E-state index is -0.411. The molecule has 22 heavy (non-hydrogen) atoms. The first-order chi connectivity index (χ1) is 10.6. The van der Waals surface area contributed by atoms with E-state index in [1.54, 1.807) is 31.2 Å². The summed E-state index contributed by atoms with van der Waals surface area (Å²) in [6, 6.07) is 13.6. The van der Waals surface area contributed by atoms with E-state index in [-0.39, 0.29) is 0 Å². The minimum absolute atomic E-state index is 0.309. The maximum Gasteiger partial charge on any atom is 0.147 e. The summed E-state index contributed by atoms with van der Waals surface area (Å²) in [5, 5.41) is 8.74. The van der Waals surface area contributed by atoms with Crippen molar-refractivity contribution in [2.24, 2.45) is 0 Å². The smallest absolute Gasteiger partial charge is 0.147 e. The average molecular weight is 300 g/mol. The van der Waals surface area contributed by atoms with Crippen molar-refractivity contribution in [2.45, 2.75) is 0 Å². The van der Waals surface area contributed by atoms with Gasteiger partial charge >= 0.3 is 0 Å². The second-order valence-corrected chi connectivity index (χ2v) is 4.72. The molecule has 2 aromatic carbocycles. The standard InChI is InChI=1S/C17H17FN2O2/c1-20(17-8-3-13(12-19)11-16(17)18)9-10-22-15-6-4-14(21-2)5-7-15/h3-8,11H,9-10H2,1-2H3. The number of anilines is 1. The zero-order valence-corrected chi connectivity index (χ0v) is 12.5. The highest BCUT2D eigenvalue weighted by Crippen LogP contribution is 2.20. The lowest BCUT2D eigenvalue weighted by molar-refractivity contribution is 0.324. The molecule has 0 aliphatic rings. The summed E-state index contributed by atoms with van der Waals surface area (Å²) < 4.78 is 24.6. The number of likely N-dealkylation sites (N-methyl/N-ethyl adjacent to an activating group) is 1. The normalized spacial score (nSPS) is 9.91. The van der Waals surface area contributed by atoms with E-state index >= 15 is 0 Å². The van der Waals surface area contributed by atoms with Gasteiger partial charge in [-0.15, -0.1) is 0 Å². The Bertz CT molecular complexity index is 665. The monoisotopic (exact) mass is 300 g/mol. The van der Waals surface area contributed by atoms with E-state index in [1.165, 1.54) is 6.07 Å². The van der Waals surface area contributed by atoms with Crippen molar-refractivity contribution in [1.29, 1.82) is 5.26 Å². The van der Waals surface area contributed by atoms with Gasteiger partial charge in [-0.2, -0.15) is 5.26 Å². The lowest BCUT2D eigenvalue weighted by Crippen LogP contribution is -2.24. The van der Waals surface area contributed by atoms with Gasteiger partial charge in [0.2, 0.25) is 0 Å². The molecule has 0 spiro atoms. The maximum absolute atomic E-state index is 13.9. The van der Waals surface area contributed by atoms with Gasteiger partial charge in [-0.25, -0.2) is 4.39 Å². The molecular formula is C17H17FN2O2. The zero-order valence-electron chi connectivity index (χ0n) is 12.5. The van der Waals surface area contributed by atoms with Crippen LogP contribution in [0.25, 0.3) is 0 Å². The predicted octanol–water partition coefficient (Wildman–Crippen LogP) is 3.22. The number of rotatable bonds is 6. The highest BCUT2D eigenvalue weighted by Gasteiger charge is 2.08. The highest BCUT2D eigenvalue weighted by molar-refractivity contribution is 5.50. The van der Waals surface area contributed by atoms with Crippen molar-refractivity contribution >= 4 is 5.69 Å². The van der Waals surface area contributed by atoms with E-state index in [0.29, 0.717) is 24.4 Å². The number of hydrogen-bond donors (Lipinski definition) is 0. The van der Waals surface area contributed by atoms with Crippen molar-refractivity contribution in [3.8, 4) is 17.6 Å². The summed E-state index contributed by atoms with van der Waals surface area (Å²) in [7, 11) is 3.39. The minimum Gasteiger partial charge on any atom is -0.497 e.